The highest BCUT2D eigenvalue weighted by Crippen LogP contribution is 2.11. The van der Waals surface area contributed by atoms with Crippen molar-refractivity contribution in [2.24, 2.45) is 7.05 Å². The van der Waals surface area contributed by atoms with Gasteiger partial charge in [0.25, 0.3) is 0 Å². The number of rotatable bonds is 2. The molecule has 0 aliphatic carbocycles. The summed E-state index contributed by atoms with van der Waals surface area (Å²) < 4.78 is 6.71. The number of benzene rings is 1. The van der Waals surface area contributed by atoms with Crippen molar-refractivity contribution in [1.82, 2.24) is 9.55 Å². The van der Waals surface area contributed by atoms with Crippen molar-refractivity contribution < 1.29 is 9.53 Å². The largest absolute Gasteiger partial charge is 0.461 e. The fourth-order valence-corrected chi connectivity index (χ4v) is 2.08. The Bertz CT molecular complexity index is 733. The number of aromatic nitrogens is 2. The SMILES string of the molecule is CCOC(=O)c1c(C)nc(C#Cc2cccc(C)c2)n1C. The van der Waals surface area contributed by atoms with Crippen LogP contribution in [0.2, 0.25) is 0 Å². The highest BCUT2D eigenvalue weighted by atomic mass is 16.5. The summed E-state index contributed by atoms with van der Waals surface area (Å²) in [4.78, 5) is 16.2. The zero-order valence-corrected chi connectivity index (χ0v) is 12.7. The summed E-state index contributed by atoms with van der Waals surface area (Å²) in [5.74, 6) is 6.26. The molecule has 0 atom stereocenters. The van der Waals surface area contributed by atoms with Gasteiger partial charge in [0, 0.05) is 12.6 Å². The number of carbonyl (C=O) groups excluding carboxylic acids is 1. The minimum absolute atomic E-state index is 0.341. The Morgan fingerprint density at radius 1 is 1.33 bits per heavy atom. The predicted octanol–water partition coefficient (Wildman–Crippen LogP) is 2.61. The molecule has 0 unspecified atom stereocenters. The standard InChI is InChI=1S/C17H18N2O2/c1-5-21-17(20)16-13(3)18-15(19(16)4)10-9-14-8-6-7-12(2)11-14/h6-8,11H,5H2,1-4H3. The molecule has 0 fully saturated rings. The van der Waals surface area contributed by atoms with Gasteiger partial charge in [-0.25, -0.2) is 9.78 Å². The van der Waals surface area contributed by atoms with E-state index in [1.807, 2.05) is 31.2 Å². The molecule has 1 aromatic carbocycles. The Labute approximate surface area is 124 Å². The average molecular weight is 282 g/mol. The van der Waals surface area contributed by atoms with Crippen molar-refractivity contribution in [2.45, 2.75) is 20.8 Å². The van der Waals surface area contributed by atoms with Gasteiger partial charge in [-0.3, -0.25) is 0 Å². The lowest BCUT2D eigenvalue weighted by Gasteiger charge is -2.03. The maximum atomic E-state index is 11.9. The number of esters is 1. The summed E-state index contributed by atoms with van der Waals surface area (Å²) in [6.07, 6.45) is 0. The van der Waals surface area contributed by atoms with Crippen LogP contribution in [0, 0.1) is 25.7 Å². The van der Waals surface area contributed by atoms with Crippen molar-refractivity contribution in [3.63, 3.8) is 0 Å². The first-order valence-corrected chi connectivity index (χ1v) is 6.82. The minimum Gasteiger partial charge on any atom is -0.461 e. The Hall–Kier alpha value is -2.54. The van der Waals surface area contributed by atoms with Gasteiger partial charge in [-0.1, -0.05) is 18.1 Å². The lowest BCUT2D eigenvalue weighted by Crippen LogP contribution is -2.11. The van der Waals surface area contributed by atoms with Crippen molar-refractivity contribution in [1.29, 1.82) is 0 Å². The third-order valence-electron chi connectivity index (χ3n) is 3.07. The third-order valence-corrected chi connectivity index (χ3v) is 3.07. The maximum Gasteiger partial charge on any atom is 0.356 e. The molecule has 21 heavy (non-hydrogen) atoms. The fraction of sp³-hybridized carbons (Fsp3) is 0.294. The van der Waals surface area contributed by atoms with Gasteiger partial charge >= 0.3 is 5.97 Å². The number of imidazole rings is 1. The Morgan fingerprint density at radius 3 is 2.76 bits per heavy atom. The highest BCUT2D eigenvalue weighted by molar-refractivity contribution is 5.89. The number of carbonyl (C=O) groups is 1. The van der Waals surface area contributed by atoms with Crippen LogP contribution < -0.4 is 0 Å². The molecule has 0 spiro atoms. The first kappa shape index (κ1) is 14.9. The van der Waals surface area contributed by atoms with Crippen LogP contribution in [-0.2, 0) is 11.8 Å². The second kappa shape index (κ2) is 6.27. The Balaban J connectivity index is 2.35. The second-order valence-corrected chi connectivity index (χ2v) is 4.77. The van der Waals surface area contributed by atoms with Gasteiger partial charge in [-0.05, 0) is 44.4 Å². The number of hydrogen-bond acceptors (Lipinski definition) is 3. The molecule has 0 radical (unpaired) electrons. The van der Waals surface area contributed by atoms with Crippen LogP contribution in [-0.4, -0.2) is 22.1 Å². The van der Waals surface area contributed by atoms with Gasteiger partial charge in [-0.15, -0.1) is 0 Å². The predicted molar refractivity (Wildman–Crippen MR) is 81.1 cm³/mol. The topological polar surface area (TPSA) is 44.1 Å². The van der Waals surface area contributed by atoms with E-state index < -0.39 is 0 Å². The quantitative estimate of drug-likeness (QED) is 0.628. The van der Waals surface area contributed by atoms with E-state index in [1.165, 1.54) is 0 Å². The normalized spacial score (nSPS) is 9.90. The monoisotopic (exact) mass is 282 g/mol. The zero-order valence-electron chi connectivity index (χ0n) is 12.7. The molecule has 2 aromatic rings. The van der Waals surface area contributed by atoms with Crippen molar-refractivity contribution >= 4 is 5.97 Å². The summed E-state index contributed by atoms with van der Waals surface area (Å²) >= 11 is 0. The van der Waals surface area contributed by atoms with Crippen LogP contribution in [0.15, 0.2) is 24.3 Å². The summed E-state index contributed by atoms with van der Waals surface area (Å²) in [6, 6.07) is 7.94. The lowest BCUT2D eigenvalue weighted by atomic mass is 10.1. The van der Waals surface area contributed by atoms with Crippen LogP contribution in [0.25, 0.3) is 0 Å². The molecule has 0 aliphatic heterocycles. The summed E-state index contributed by atoms with van der Waals surface area (Å²) in [7, 11) is 1.77. The number of aryl methyl sites for hydroxylation is 2. The van der Waals surface area contributed by atoms with Crippen molar-refractivity contribution in [3.05, 3.63) is 52.6 Å². The van der Waals surface area contributed by atoms with E-state index in [4.69, 9.17) is 4.74 Å². The van der Waals surface area contributed by atoms with Gasteiger partial charge in [0.15, 0.2) is 11.5 Å². The van der Waals surface area contributed by atoms with Gasteiger partial charge in [0.05, 0.1) is 12.3 Å². The second-order valence-electron chi connectivity index (χ2n) is 4.77. The molecule has 0 saturated carbocycles. The lowest BCUT2D eigenvalue weighted by molar-refractivity contribution is 0.0514. The van der Waals surface area contributed by atoms with Crippen LogP contribution in [0.4, 0.5) is 0 Å². The van der Waals surface area contributed by atoms with Crippen LogP contribution in [0.3, 0.4) is 0 Å². The van der Waals surface area contributed by atoms with Gasteiger partial charge in [0.2, 0.25) is 0 Å². The number of hydrogen-bond donors (Lipinski definition) is 0. The van der Waals surface area contributed by atoms with Crippen LogP contribution >= 0.6 is 0 Å². The summed E-state index contributed by atoms with van der Waals surface area (Å²) in [5, 5.41) is 0. The van der Waals surface area contributed by atoms with Crippen LogP contribution in [0.5, 0.6) is 0 Å². The molecule has 0 bridgehead atoms. The highest BCUT2D eigenvalue weighted by Gasteiger charge is 2.18. The minimum atomic E-state index is -0.367. The van der Waals surface area contributed by atoms with Gasteiger partial charge in [0.1, 0.15) is 0 Å². The molecule has 1 aromatic heterocycles. The molecule has 0 amide bonds. The van der Waals surface area contributed by atoms with Crippen molar-refractivity contribution in [3.8, 4) is 11.8 Å². The molecular formula is C17H18N2O2. The molecule has 4 heteroatoms. The fourth-order valence-electron chi connectivity index (χ4n) is 2.08. The molecule has 2 rings (SSSR count). The van der Waals surface area contributed by atoms with Gasteiger partial charge in [-0.2, -0.15) is 0 Å². The molecule has 108 valence electrons. The van der Waals surface area contributed by atoms with E-state index in [9.17, 15) is 4.79 Å². The van der Waals surface area contributed by atoms with Crippen LogP contribution in [0.1, 0.15) is 40.1 Å². The molecule has 4 nitrogen and oxygen atoms in total. The number of ether oxygens (including phenoxy) is 1. The maximum absolute atomic E-state index is 11.9. The van der Waals surface area contributed by atoms with E-state index in [1.54, 1.807) is 25.5 Å². The summed E-state index contributed by atoms with van der Waals surface area (Å²) in [5.41, 5.74) is 3.16. The van der Waals surface area contributed by atoms with E-state index in [-0.39, 0.29) is 5.97 Å². The zero-order chi connectivity index (χ0) is 15.4. The Kier molecular flexibility index (Phi) is 4.44. The molecule has 1 heterocycles. The Morgan fingerprint density at radius 2 is 2.10 bits per heavy atom. The first-order chi connectivity index (χ1) is 10.0. The first-order valence-electron chi connectivity index (χ1n) is 6.82. The van der Waals surface area contributed by atoms with Crippen molar-refractivity contribution in [2.75, 3.05) is 6.61 Å². The molecule has 0 N–H and O–H groups in total. The average Bonchev–Trinajstić information content (AvgIpc) is 2.71. The van der Waals surface area contributed by atoms with E-state index in [0.29, 0.717) is 23.8 Å². The third kappa shape index (κ3) is 3.32. The van der Waals surface area contributed by atoms with E-state index >= 15 is 0 Å². The van der Waals surface area contributed by atoms with Gasteiger partial charge < -0.3 is 9.30 Å². The van der Waals surface area contributed by atoms with E-state index in [0.717, 1.165) is 11.1 Å². The summed E-state index contributed by atoms with van der Waals surface area (Å²) in [6.45, 7) is 5.93. The molecular weight excluding hydrogens is 264 g/mol. The number of nitrogens with zero attached hydrogens (tertiary/aromatic N) is 2. The smallest absolute Gasteiger partial charge is 0.356 e. The molecule has 0 saturated heterocycles. The molecule has 0 aliphatic rings. The van der Waals surface area contributed by atoms with E-state index in [2.05, 4.69) is 16.8 Å².